The lowest BCUT2D eigenvalue weighted by Gasteiger charge is -2.17. The van der Waals surface area contributed by atoms with Crippen molar-refractivity contribution in [2.24, 2.45) is 0 Å². The molecule has 1 fully saturated rings. The number of rotatable bonds is 3. The summed E-state index contributed by atoms with van der Waals surface area (Å²) >= 11 is 3.40. The Morgan fingerprint density at radius 2 is 2.13 bits per heavy atom. The Kier molecular flexibility index (Phi) is 3.62. The molecule has 82 valence electrons. The van der Waals surface area contributed by atoms with Gasteiger partial charge in [0.25, 0.3) is 0 Å². The fraction of sp³-hybridized carbons (Fsp3) is 0.583. The molecule has 2 rings (SSSR count). The van der Waals surface area contributed by atoms with Gasteiger partial charge in [0.15, 0.2) is 5.89 Å². The molecule has 0 aliphatic heterocycles. The van der Waals surface area contributed by atoms with Crippen molar-refractivity contribution in [2.45, 2.75) is 43.4 Å². The van der Waals surface area contributed by atoms with Crippen LogP contribution in [0.1, 0.15) is 55.4 Å². The maximum absolute atomic E-state index is 5.77. The Balaban J connectivity index is 2.19. The molecule has 0 radical (unpaired) electrons. The third-order valence-electron chi connectivity index (χ3n) is 3.01. The number of hydrogen-bond donors (Lipinski definition) is 0. The minimum Gasteiger partial charge on any atom is -0.444 e. The third-order valence-corrected chi connectivity index (χ3v) is 3.52. The summed E-state index contributed by atoms with van der Waals surface area (Å²) in [6, 6.07) is 0. The highest BCUT2D eigenvalue weighted by atomic mass is 79.9. The lowest BCUT2D eigenvalue weighted by Crippen LogP contribution is -2.04. The lowest BCUT2D eigenvalue weighted by atomic mass is 9.89. The normalized spacial score (nSPS) is 17.9. The van der Waals surface area contributed by atoms with E-state index in [4.69, 9.17) is 4.42 Å². The molecular formula is C12H16BrNO. The van der Waals surface area contributed by atoms with E-state index in [0.29, 0.717) is 11.2 Å². The minimum absolute atomic E-state index is 0.533. The molecule has 1 aromatic heterocycles. The van der Waals surface area contributed by atoms with Crippen LogP contribution < -0.4 is 0 Å². The smallest absolute Gasteiger partial charge is 0.198 e. The zero-order valence-corrected chi connectivity index (χ0v) is 10.4. The van der Waals surface area contributed by atoms with Gasteiger partial charge in [-0.25, -0.2) is 4.98 Å². The predicted octanol–water partition coefficient (Wildman–Crippen LogP) is 4.26. The van der Waals surface area contributed by atoms with E-state index in [1.807, 2.05) is 0 Å². The van der Waals surface area contributed by atoms with Gasteiger partial charge in [0.05, 0.1) is 5.33 Å². The van der Waals surface area contributed by atoms with Crippen LogP contribution in [0.15, 0.2) is 11.0 Å². The van der Waals surface area contributed by atoms with Gasteiger partial charge in [-0.15, -0.1) is 0 Å². The summed E-state index contributed by atoms with van der Waals surface area (Å²) in [7, 11) is 0. The maximum Gasteiger partial charge on any atom is 0.198 e. The molecular weight excluding hydrogens is 254 g/mol. The van der Waals surface area contributed by atoms with Crippen LogP contribution in [0.4, 0.5) is 0 Å². The Labute approximate surface area is 98.9 Å². The molecule has 0 amide bonds. The Morgan fingerprint density at radius 3 is 2.67 bits per heavy atom. The molecule has 0 saturated heterocycles. The van der Waals surface area contributed by atoms with Crippen molar-refractivity contribution in [1.82, 2.24) is 4.98 Å². The Hall–Kier alpha value is -0.570. The first-order chi connectivity index (χ1) is 7.35. The maximum atomic E-state index is 5.77. The summed E-state index contributed by atoms with van der Waals surface area (Å²) in [6.07, 6.45) is 8.18. The van der Waals surface area contributed by atoms with E-state index < -0.39 is 0 Å². The summed E-state index contributed by atoms with van der Waals surface area (Å²) in [5, 5.41) is 0.716. The monoisotopic (exact) mass is 269 g/mol. The highest BCUT2D eigenvalue weighted by Gasteiger charge is 2.21. The summed E-state index contributed by atoms with van der Waals surface area (Å²) in [5.74, 6) is 2.36. The van der Waals surface area contributed by atoms with Crippen LogP contribution in [0, 0.1) is 0 Å². The van der Waals surface area contributed by atoms with Crippen molar-refractivity contribution in [1.29, 1.82) is 0 Å². The van der Waals surface area contributed by atoms with Gasteiger partial charge in [0.2, 0.25) is 0 Å². The fourth-order valence-corrected chi connectivity index (χ4v) is 2.56. The molecule has 0 N–H and O–H groups in total. The summed E-state index contributed by atoms with van der Waals surface area (Å²) < 4.78 is 5.77. The Bertz CT molecular complexity index is 339. The molecule has 1 heterocycles. The van der Waals surface area contributed by atoms with Gasteiger partial charge in [-0.1, -0.05) is 41.8 Å². The van der Waals surface area contributed by atoms with Crippen LogP contribution in [0.2, 0.25) is 0 Å². The quantitative estimate of drug-likeness (QED) is 0.767. The zero-order chi connectivity index (χ0) is 10.7. The largest absolute Gasteiger partial charge is 0.444 e. The van der Waals surface area contributed by atoms with E-state index in [-0.39, 0.29) is 0 Å². The minimum atomic E-state index is 0.533. The van der Waals surface area contributed by atoms with E-state index in [1.165, 1.54) is 32.1 Å². The number of hydrogen-bond acceptors (Lipinski definition) is 2. The van der Waals surface area contributed by atoms with E-state index in [1.54, 1.807) is 6.08 Å². The van der Waals surface area contributed by atoms with Crippen LogP contribution in [-0.4, -0.2) is 4.98 Å². The van der Waals surface area contributed by atoms with Gasteiger partial charge in [-0.3, -0.25) is 0 Å². The number of oxazole rings is 1. The van der Waals surface area contributed by atoms with Gasteiger partial charge in [0.1, 0.15) is 11.5 Å². The van der Waals surface area contributed by atoms with E-state index in [0.717, 1.165) is 17.3 Å². The molecule has 1 saturated carbocycles. The molecule has 0 bridgehead atoms. The zero-order valence-electron chi connectivity index (χ0n) is 8.84. The van der Waals surface area contributed by atoms with E-state index in [9.17, 15) is 0 Å². The van der Waals surface area contributed by atoms with E-state index in [2.05, 4.69) is 27.5 Å². The number of nitrogens with zero attached hydrogens (tertiary/aromatic N) is 1. The second-order valence-electron chi connectivity index (χ2n) is 4.03. The molecule has 0 aromatic carbocycles. The van der Waals surface area contributed by atoms with Gasteiger partial charge >= 0.3 is 0 Å². The molecule has 2 nitrogen and oxygen atoms in total. The van der Waals surface area contributed by atoms with Crippen LogP contribution in [0.5, 0.6) is 0 Å². The first kappa shape index (κ1) is 10.9. The average molecular weight is 270 g/mol. The molecule has 3 heteroatoms. The third kappa shape index (κ3) is 2.33. The predicted molar refractivity (Wildman–Crippen MR) is 65.1 cm³/mol. The Morgan fingerprint density at radius 1 is 1.40 bits per heavy atom. The van der Waals surface area contributed by atoms with Crippen LogP contribution in [0.3, 0.4) is 0 Å². The van der Waals surface area contributed by atoms with Gasteiger partial charge < -0.3 is 4.42 Å². The van der Waals surface area contributed by atoms with Crippen molar-refractivity contribution in [3.05, 3.63) is 23.9 Å². The first-order valence-electron chi connectivity index (χ1n) is 5.53. The topological polar surface area (TPSA) is 26.0 Å². The molecule has 0 unspecified atom stereocenters. The SMILES string of the molecule is C=Cc1nc(C2CCCCC2)oc1CBr. The molecule has 0 atom stereocenters. The molecule has 1 aliphatic rings. The highest BCUT2D eigenvalue weighted by Crippen LogP contribution is 2.33. The lowest BCUT2D eigenvalue weighted by molar-refractivity contribution is 0.356. The van der Waals surface area contributed by atoms with Gasteiger partial charge in [0, 0.05) is 5.92 Å². The summed E-state index contributed by atoms with van der Waals surface area (Å²) in [5.41, 5.74) is 0.896. The number of alkyl halides is 1. The van der Waals surface area contributed by atoms with Crippen molar-refractivity contribution < 1.29 is 4.42 Å². The highest BCUT2D eigenvalue weighted by molar-refractivity contribution is 9.08. The van der Waals surface area contributed by atoms with E-state index >= 15 is 0 Å². The van der Waals surface area contributed by atoms with Crippen molar-refractivity contribution in [3.63, 3.8) is 0 Å². The van der Waals surface area contributed by atoms with Crippen LogP contribution in [-0.2, 0) is 5.33 Å². The van der Waals surface area contributed by atoms with Crippen molar-refractivity contribution in [3.8, 4) is 0 Å². The molecule has 0 spiro atoms. The fourth-order valence-electron chi connectivity index (χ4n) is 2.16. The second kappa shape index (κ2) is 4.97. The van der Waals surface area contributed by atoms with Crippen LogP contribution >= 0.6 is 15.9 Å². The second-order valence-corrected chi connectivity index (χ2v) is 4.59. The van der Waals surface area contributed by atoms with Crippen LogP contribution in [0.25, 0.3) is 6.08 Å². The number of halogens is 1. The van der Waals surface area contributed by atoms with Gasteiger partial charge in [-0.2, -0.15) is 0 Å². The molecule has 1 aromatic rings. The summed E-state index contributed by atoms with van der Waals surface area (Å²) in [6.45, 7) is 3.75. The molecule has 1 aliphatic carbocycles. The number of aromatic nitrogens is 1. The standard InChI is InChI=1S/C12H16BrNO/c1-2-10-11(8-13)15-12(14-10)9-6-4-3-5-7-9/h2,9H,1,3-8H2. The van der Waals surface area contributed by atoms with Crippen molar-refractivity contribution in [2.75, 3.05) is 0 Å². The first-order valence-corrected chi connectivity index (χ1v) is 6.65. The van der Waals surface area contributed by atoms with Gasteiger partial charge in [-0.05, 0) is 18.9 Å². The average Bonchev–Trinajstić information content (AvgIpc) is 2.73. The summed E-state index contributed by atoms with van der Waals surface area (Å²) in [4.78, 5) is 4.51. The van der Waals surface area contributed by atoms with Crippen molar-refractivity contribution >= 4 is 22.0 Å². The molecule has 15 heavy (non-hydrogen) atoms.